The van der Waals surface area contributed by atoms with E-state index in [1.165, 1.54) is 5.56 Å². The summed E-state index contributed by atoms with van der Waals surface area (Å²) in [6.45, 7) is 6.26. The number of aromatic nitrogens is 1. The van der Waals surface area contributed by atoms with Crippen molar-refractivity contribution in [2.45, 2.75) is 19.9 Å². The van der Waals surface area contributed by atoms with Crippen molar-refractivity contribution in [1.29, 1.82) is 0 Å². The molecule has 1 aliphatic rings. The number of carbonyl (C=O) groups excluding carboxylic acids is 1. The minimum absolute atomic E-state index is 0.123. The zero-order valence-electron chi connectivity index (χ0n) is 16.9. The Kier molecular flexibility index (Phi) is 6.42. The third kappa shape index (κ3) is 5.24. The first-order valence-electron chi connectivity index (χ1n) is 10.00. The number of aryl methyl sites for hydroxylation is 1. The van der Waals surface area contributed by atoms with Crippen LogP contribution in [-0.2, 0) is 22.5 Å². The van der Waals surface area contributed by atoms with Gasteiger partial charge in [-0.2, -0.15) is 0 Å². The predicted molar refractivity (Wildman–Crippen MR) is 119 cm³/mol. The zero-order valence-corrected chi connectivity index (χ0v) is 17.7. The van der Waals surface area contributed by atoms with Crippen molar-refractivity contribution in [1.82, 2.24) is 9.88 Å². The number of benzene rings is 2. The molecule has 2 aromatic carbocycles. The van der Waals surface area contributed by atoms with E-state index in [-0.39, 0.29) is 18.1 Å². The fourth-order valence-corrected chi connectivity index (χ4v) is 4.30. The Bertz CT molecular complexity index is 1030. The molecule has 156 valence electrons. The monoisotopic (exact) mass is 423 g/mol. The van der Waals surface area contributed by atoms with Gasteiger partial charge in [0, 0.05) is 36.3 Å². The Morgan fingerprint density at radius 2 is 2.07 bits per heavy atom. The van der Waals surface area contributed by atoms with Crippen molar-refractivity contribution in [2.75, 3.05) is 31.6 Å². The SMILES string of the molecule is Cc1cc(O)ccc1NC(=O)Cc1csc(-c2cccc(CN3CCOCC3)c2)n1. The summed E-state index contributed by atoms with van der Waals surface area (Å²) in [6.07, 6.45) is 0.213. The number of hydrogen-bond acceptors (Lipinski definition) is 6. The summed E-state index contributed by atoms with van der Waals surface area (Å²) in [5.41, 5.74) is 4.60. The van der Waals surface area contributed by atoms with Gasteiger partial charge in [-0.15, -0.1) is 11.3 Å². The number of thiazole rings is 1. The van der Waals surface area contributed by atoms with Gasteiger partial charge in [-0.3, -0.25) is 9.69 Å². The van der Waals surface area contributed by atoms with Gasteiger partial charge in [-0.1, -0.05) is 18.2 Å². The fourth-order valence-electron chi connectivity index (χ4n) is 3.49. The second kappa shape index (κ2) is 9.38. The van der Waals surface area contributed by atoms with Crippen LogP contribution in [0.3, 0.4) is 0 Å². The topological polar surface area (TPSA) is 74.7 Å². The molecule has 1 aromatic heterocycles. The molecular weight excluding hydrogens is 398 g/mol. The lowest BCUT2D eigenvalue weighted by Gasteiger charge is -2.26. The quantitative estimate of drug-likeness (QED) is 0.590. The molecule has 2 N–H and O–H groups in total. The number of nitrogens with zero attached hydrogens (tertiary/aromatic N) is 2. The third-order valence-electron chi connectivity index (χ3n) is 5.06. The number of carbonyl (C=O) groups is 1. The molecule has 0 bridgehead atoms. The maximum absolute atomic E-state index is 12.4. The highest BCUT2D eigenvalue weighted by Gasteiger charge is 2.13. The standard InChI is InChI=1S/C23H25N3O3S/c1-16-11-20(27)5-6-21(16)25-22(28)13-19-15-30-23(24-19)18-4-2-3-17(12-18)14-26-7-9-29-10-8-26/h2-6,11-12,15,27H,7-10,13-14H2,1H3,(H,25,28). The van der Waals surface area contributed by atoms with E-state index in [0.717, 1.165) is 54.7 Å². The second-order valence-corrected chi connectivity index (χ2v) is 8.32. The first kappa shape index (κ1) is 20.5. The van der Waals surface area contributed by atoms with E-state index in [1.54, 1.807) is 29.5 Å². The van der Waals surface area contributed by atoms with Gasteiger partial charge in [-0.05, 0) is 42.3 Å². The lowest BCUT2D eigenvalue weighted by molar-refractivity contribution is -0.115. The minimum atomic E-state index is -0.123. The van der Waals surface area contributed by atoms with E-state index in [2.05, 4.69) is 39.5 Å². The van der Waals surface area contributed by atoms with Crippen LogP contribution in [0, 0.1) is 6.92 Å². The Morgan fingerprint density at radius 1 is 1.23 bits per heavy atom. The lowest BCUT2D eigenvalue weighted by atomic mass is 10.1. The number of morpholine rings is 1. The summed E-state index contributed by atoms with van der Waals surface area (Å²) in [5.74, 6) is 0.0622. The van der Waals surface area contributed by atoms with E-state index < -0.39 is 0 Å². The summed E-state index contributed by atoms with van der Waals surface area (Å²) < 4.78 is 5.42. The van der Waals surface area contributed by atoms with Crippen LogP contribution in [0.15, 0.2) is 47.8 Å². The molecule has 30 heavy (non-hydrogen) atoms. The van der Waals surface area contributed by atoms with Crippen LogP contribution in [0.5, 0.6) is 5.75 Å². The highest BCUT2D eigenvalue weighted by atomic mass is 32.1. The van der Waals surface area contributed by atoms with E-state index in [4.69, 9.17) is 4.74 Å². The van der Waals surface area contributed by atoms with Crippen molar-refractivity contribution in [3.05, 3.63) is 64.7 Å². The Hall–Kier alpha value is -2.74. The third-order valence-corrected chi connectivity index (χ3v) is 6.00. The van der Waals surface area contributed by atoms with Gasteiger partial charge < -0.3 is 15.2 Å². The molecular formula is C23H25N3O3S. The number of ether oxygens (including phenoxy) is 1. The van der Waals surface area contributed by atoms with Gasteiger partial charge in [0.05, 0.1) is 25.3 Å². The average molecular weight is 424 g/mol. The molecule has 1 aliphatic heterocycles. The van der Waals surface area contributed by atoms with Gasteiger partial charge in [0.25, 0.3) is 0 Å². The smallest absolute Gasteiger partial charge is 0.230 e. The van der Waals surface area contributed by atoms with Crippen molar-refractivity contribution in [3.8, 4) is 16.3 Å². The number of rotatable bonds is 6. The maximum atomic E-state index is 12.4. The van der Waals surface area contributed by atoms with Crippen molar-refractivity contribution < 1.29 is 14.6 Å². The lowest BCUT2D eigenvalue weighted by Crippen LogP contribution is -2.35. The number of hydrogen-bond donors (Lipinski definition) is 2. The van der Waals surface area contributed by atoms with Crippen molar-refractivity contribution >= 4 is 22.9 Å². The number of amides is 1. The molecule has 0 aliphatic carbocycles. The number of anilines is 1. The van der Waals surface area contributed by atoms with Crippen molar-refractivity contribution in [3.63, 3.8) is 0 Å². The molecule has 2 heterocycles. The molecule has 0 unspecified atom stereocenters. The van der Waals surface area contributed by atoms with Crippen LogP contribution in [0.2, 0.25) is 0 Å². The highest BCUT2D eigenvalue weighted by molar-refractivity contribution is 7.13. The molecule has 0 saturated carbocycles. The van der Waals surface area contributed by atoms with Crippen molar-refractivity contribution in [2.24, 2.45) is 0 Å². The summed E-state index contributed by atoms with van der Waals surface area (Å²) in [6, 6.07) is 13.3. The largest absolute Gasteiger partial charge is 0.508 e. The van der Waals surface area contributed by atoms with Gasteiger partial charge >= 0.3 is 0 Å². The van der Waals surface area contributed by atoms with Crippen LogP contribution in [-0.4, -0.2) is 47.2 Å². The average Bonchev–Trinajstić information content (AvgIpc) is 3.19. The predicted octanol–water partition coefficient (Wildman–Crippen LogP) is 3.84. The summed E-state index contributed by atoms with van der Waals surface area (Å²) >= 11 is 1.55. The summed E-state index contributed by atoms with van der Waals surface area (Å²) in [4.78, 5) is 19.5. The molecule has 0 radical (unpaired) electrons. The van der Waals surface area contributed by atoms with Gasteiger partial charge in [0.15, 0.2) is 0 Å². The van der Waals surface area contributed by atoms with E-state index >= 15 is 0 Å². The number of aromatic hydroxyl groups is 1. The number of nitrogens with one attached hydrogen (secondary N) is 1. The molecule has 7 heteroatoms. The second-order valence-electron chi connectivity index (χ2n) is 7.46. The molecule has 0 atom stereocenters. The van der Waals surface area contributed by atoms with E-state index in [1.807, 2.05) is 12.3 Å². The van der Waals surface area contributed by atoms with Gasteiger partial charge in [0.1, 0.15) is 10.8 Å². The molecule has 1 fully saturated rings. The highest BCUT2D eigenvalue weighted by Crippen LogP contribution is 2.26. The Labute approximate surface area is 180 Å². The van der Waals surface area contributed by atoms with Crippen LogP contribution in [0.1, 0.15) is 16.8 Å². The minimum Gasteiger partial charge on any atom is -0.508 e. The van der Waals surface area contributed by atoms with Crippen LogP contribution < -0.4 is 5.32 Å². The normalized spacial score (nSPS) is 14.6. The summed E-state index contributed by atoms with van der Waals surface area (Å²) in [7, 11) is 0. The van der Waals surface area contributed by atoms with Gasteiger partial charge in [0.2, 0.25) is 5.91 Å². The molecule has 3 aromatic rings. The molecule has 4 rings (SSSR count). The van der Waals surface area contributed by atoms with Crippen LogP contribution in [0.25, 0.3) is 10.6 Å². The summed E-state index contributed by atoms with van der Waals surface area (Å²) in [5, 5.41) is 15.2. The fraction of sp³-hybridized carbons (Fsp3) is 0.304. The molecule has 6 nitrogen and oxygen atoms in total. The number of phenols is 1. The van der Waals surface area contributed by atoms with E-state index in [0.29, 0.717) is 5.69 Å². The Balaban J connectivity index is 1.40. The molecule has 1 saturated heterocycles. The van der Waals surface area contributed by atoms with Gasteiger partial charge in [-0.25, -0.2) is 4.98 Å². The maximum Gasteiger partial charge on any atom is 0.230 e. The Morgan fingerprint density at radius 3 is 2.87 bits per heavy atom. The first-order chi connectivity index (χ1) is 14.6. The van der Waals surface area contributed by atoms with Crippen LogP contribution >= 0.6 is 11.3 Å². The zero-order chi connectivity index (χ0) is 20.9. The van der Waals surface area contributed by atoms with Crippen LogP contribution in [0.4, 0.5) is 5.69 Å². The van der Waals surface area contributed by atoms with E-state index in [9.17, 15) is 9.90 Å². The number of phenolic OH excluding ortho intramolecular Hbond substituents is 1. The first-order valence-corrected chi connectivity index (χ1v) is 10.9. The molecule has 1 amide bonds. The molecule has 0 spiro atoms.